The molecule has 0 aliphatic carbocycles. The van der Waals surface area contributed by atoms with Gasteiger partial charge in [0.25, 0.3) is 0 Å². The molecule has 0 N–H and O–H groups in total. The van der Waals surface area contributed by atoms with E-state index in [0.717, 1.165) is 34.2 Å². The van der Waals surface area contributed by atoms with Crippen LogP contribution in [0.2, 0.25) is 0 Å². The van der Waals surface area contributed by atoms with E-state index >= 15 is 0 Å². The Kier molecular flexibility index (Phi) is 4.89. The third-order valence-electron chi connectivity index (χ3n) is 2.73. The smallest absolute Gasteiger partial charge is 0.132 e. The van der Waals surface area contributed by atoms with E-state index in [1.165, 1.54) is 11.1 Å². The minimum Gasteiger partial charge on any atom is -0.241 e. The average molecular weight is 370 g/mol. The topological polar surface area (TPSA) is 25.8 Å². The molecule has 0 saturated carbocycles. The Bertz CT molecular complexity index is 541. The lowest BCUT2D eigenvalue weighted by molar-refractivity contribution is 0.886. The van der Waals surface area contributed by atoms with Gasteiger partial charge in [0.15, 0.2) is 0 Å². The van der Waals surface area contributed by atoms with Gasteiger partial charge >= 0.3 is 0 Å². The number of hydrogen-bond acceptors (Lipinski definition) is 2. The van der Waals surface area contributed by atoms with Gasteiger partial charge in [0.1, 0.15) is 5.82 Å². The van der Waals surface area contributed by atoms with Crippen molar-refractivity contribution >= 4 is 31.9 Å². The molecule has 0 amide bonds. The van der Waals surface area contributed by atoms with Crippen LogP contribution in [0.4, 0.5) is 0 Å². The Morgan fingerprint density at radius 2 is 2.11 bits per heavy atom. The quantitative estimate of drug-likeness (QED) is 0.751. The van der Waals surface area contributed by atoms with Crippen LogP contribution in [0.1, 0.15) is 29.6 Å². The number of hydrogen-bond donors (Lipinski definition) is 0. The minimum absolute atomic E-state index is 0.773. The van der Waals surface area contributed by atoms with E-state index in [0.29, 0.717) is 0 Å². The third-order valence-corrected chi connectivity index (χ3v) is 3.83. The zero-order valence-corrected chi connectivity index (χ0v) is 13.3. The second-order valence-corrected chi connectivity index (χ2v) is 5.53. The van der Waals surface area contributed by atoms with Gasteiger partial charge in [-0.1, -0.05) is 50.9 Å². The monoisotopic (exact) mass is 368 g/mol. The predicted molar refractivity (Wildman–Crippen MR) is 81.0 cm³/mol. The maximum absolute atomic E-state index is 4.63. The third kappa shape index (κ3) is 3.39. The van der Waals surface area contributed by atoms with Gasteiger partial charge in [-0.3, -0.25) is 0 Å². The Labute approximate surface area is 124 Å². The molecule has 1 heterocycles. The van der Waals surface area contributed by atoms with E-state index < -0.39 is 0 Å². The molecule has 0 aliphatic rings. The summed E-state index contributed by atoms with van der Waals surface area (Å²) >= 11 is 6.94. The van der Waals surface area contributed by atoms with Crippen molar-refractivity contribution in [1.82, 2.24) is 9.97 Å². The highest BCUT2D eigenvalue weighted by Crippen LogP contribution is 2.15. The molecule has 0 bridgehead atoms. The summed E-state index contributed by atoms with van der Waals surface area (Å²) in [5.41, 5.74) is 3.53. The number of alkyl halides is 1. The summed E-state index contributed by atoms with van der Waals surface area (Å²) in [5.74, 6) is 0.884. The second-order valence-electron chi connectivity index (χ2n) is 4.05. The standard InChI is InChI=1S/C14H14Br2N2/c1-2-13-11(8-15)9-17-14(18-13)7-10-4-3-5-12(16)6-10/h3-6,9H,2,7-8H2,1H3. The normalized spacial score (nSPS) is 10.6. The van der Waals surface area contributed by atoms with Crippen molar-refractivity contribution < 1.29 is 0 Å². The number of benzene rings is 1. The van der Waals surface area contributed by atoms with Gasteiger partial charge in [0, 0.05) is 33.7 Å². The SMILES string of the molecule is CCc1nc(Cc2cccc(Br)c2)ncc1CBr. The van der Waals surface area contributed by atoms with Crippen molar-refractivity contribution in [3.8, 4) is 0 Å². The summed E-state index contributed by atoms with van der Waals surface area (Å²) in [7, 11) is 0. The van der Waals surface area contributed by atoms with E-state index in [-0.39, 0.29) is 0 Å². The Hall–Kier alpha value is -0.740. The van der Waals surface area contributed by atoms with Crippen LogP contribution in [0.3, 0.4) is 0 Å². The fraction of sp³-hybridized carbons (Fsp3) is 0.286. The Morgan fingerprint density at radius 3 is 2.78 bits per heavy atom. The van der Waals surface area contributed by atoms with Gasteiger partial charge in [-0.05, 0) is 24.1 Å². The first-order valence-corrected chi connectivity index (χ1v) is 7.78. The Morgan fingerprint density at radius 1 is 1.28 bits per heavy atom. The molecule has 94 valence electrons. The lowest BCUT2D eigenvalue weighted by Crippen LogP contribution is -2.03. The van der Waals surface area contributed by atoms with Gasteiger partial charge in [0.2, 0.25) is 0 Å². The molecule has 2 aromatic rings. The highest BCUT2D eigenvalue weighted by Gasteiger charge is 2.05. The van der Waals surface area contributed by atoms with Crippen LogP contribution in [0, 0.1) is 0 Å². The average Bonchev–Trinajstić information content (AvgIpc) is 2.38. The summed E-state index contributed by atoms with van der Waals surface area (Å²) in [5, 5.41) is 0.813. The number of aromatic nitrogens is 2. The van der Waals surface area contributed by atoms with Crippen LogP contribution in [0.25, 0.3) is 0 Å². The van der Waals surface area contributed by atoms with Gasteiger partial charge in [-0.15, -0.1) is 0 Å². The molecule has 0 spiro atoms. The van der Waals surface area contributed by atoms with Crippen LogP contribution in [-0.4, -0.2) is 9.97 Å². The Balaban J connectivity index is 2.24. The molecular weight excluding hydrogens is 356 g/mol. The summed E-state index contributed by atoms with van der Waals surface area (Å²) in [4.78, 5) is 9.06. The number of rotatable bonds is 4. The van der Waals surface area contributed by atoms with Crippen LogP contribution >= 0.6 is 31.9 Å². The van der Waals surface area contributed by atoms with Gasteiger partial charge in [-0.25, -0.2) is 9.97 Å². The van der Waals surface area contributed by atoms with Gasteiger partial charge in [0.05, 0.1) is 0 Å². The summed E-state index contributed by atoms with van der Waals surface area (Å²) in [6.07, 6.45) is 3.64. The lowest BCUT2D eigenvalue weighted by Gasteiger charge is -2.07. The highest BCUT2D eigenvalue weighted by atomic mass is 79.9. The second kappa shape index (κ2) is 6.43. The van der Waals surface area contributed by atoms with Gasteiger partial charge in [-0.2, -0.15) is 0 Å². The maximum atomic E-state index is 4.63. The molecule has 0 aliphatic heterocycles. The molecular formula is C14H14Br2N2. The van der Waals surface area contributed by atoms with Crippen LogP contribution in [0.15, 0.2) is 34.9 Å². The van der Waals surface area contributed by atoms with Crippen LogP contribution < -0.4 is 0 Å². The zero-order valence-electron chi connectivity index (χ0n) is 10.2. The number of aryl methyl sites for hydroxylation is 1. The van der Waals surface area contributed by atoms with Crippen molar-refractivity contribution in [2.45, 2.75) is 25.1 Å². The first-order chi connectivity index (χ1) is 8.72. The molecule has 1 aromatic heterocycles. The molecule has 0 fully saturated rings. The first-order valence-electron chi connectivity index (χ1n) is 5.87. The van der Waals surface area contributed by atoms with E-state index in [1.54, 1.807) is 0 Å². The molecule has 0 radical (unpaired) electrons. The van der Waals surface area contributed by atoms with Crippen LogP contribution in [-0.2, 0) is 18.2 Å². The largest absolute Gasteiger partial charge is 0.241 e. The number of nitrogens with zero attached hydrogens (tertiary/aromatic N) is 2. The summed E-state index contributed by atoms with van der Waals surface area (Å²) in [6.45, 7) is 2.12. The first kappa shape index (κ1) is 13.7. The van der Waals surface area contributed by atoms with Gasteiger partial charge < -0.3 is 0 Å². The highest BCUT2D eigenvalue weighted by molar-refractivity contribution is 9.10. The van der Waals surface area contributed by atoms with E-state index in [4.69, 9.17) is 0 Å². The fourth-order valence-corrected chi connectivity index (χ4v) is 2.73. The van der Waals surface area contributed by atoms with E-state index in [2.05, 4.69) is 60.9 Å². The molecule has 18 heavy (non-hydrogen) atoms. The van der Waals surface area contributed by atoms with Crippen LogP contribution in [0.5, 0.6) is 0 Å². The molecule has 0 atom stereocenters. The van der Waals surface area contributed by atoms with E-state index in [1.807, 2.05) is 18.3 Å². The molecule has 2 nitrogen and oxygen atoms in total. The van der Waals surface area contributed by atoms with Crippen molar-refractivity contribution in [3.05, 3.63) is 57.6 Å². The number of halogens is 2. The lowest BCUT2D eigenvalue weighted by atomic mass is 10.1. The minimum atomic E-state index is 0.773. The van der Waals surface area contributed by atoms with Crippen molar-refractivity contribution in [3.63, 3.8) is 0 Å². The predicted octanol–water partition coefficient (Wildman–Crippen LogP) is 4.29. The summed E-state index contributed by atoms with van der Waals surface area (Å²) in [6, 6.07) is 8.26. The molecule has 4 heteroatoms. The van der Waals surface area contributed by atoms with Crippen molar-refractivity contribution in [1.29, 1.82) is 0 Å². The summed E-state index contributed by atoms with van der Waals surface area (Å²) < 4.78 is 1.09. The zero-order chi connectivity index (χ0) is 13.0. The molecule has 1 aromatic carbocycles. The van der Waals surface area contributed by atoms with E-state index in [9.17, 15) is 0 Å². The molecule has 0 saturated heterocycles. The van der Waals surface area contributed by atoms with Crippen molar-refractivity contribution in [2.75, 3.05) is 0 Å². The van der Waals surface area contributed by atoms with Crippen molar-refractivity contribution in [2.24, 2.45) is 0 Å². The fourth-order valence-electron chi connectivity index (χ4n) is 1.82. The maximum Gasteiger partial charge on any atom is 0.132 e. The molecule has 2 rings (SSSR count). The molecule has 0 unspecified atom stereocenters.